The maximum absolute atomic E-state index is 13.9. The molecule has 2 aromatic carbocycles. The van der Waals surface area contributed by atoms with Crippen LogP contribution in [0, 0.1) is 11.6 Å². The first-order chi connectivity index (χ1) is 10.4. The molecular formula is C17H16F4O. The SMILES string of the molecule is CCc1ccc(C(F)(F)OCCc2ccc(F)c(F)c2)cc1. The van der Waals surface area contributed by atoms with Crippen molar-refractivity contribution >= 4 is 0 Å². The maximum atomic E-state index is 13.9. The van der Waals surface area contributed by atoms with E-state index >= 15 is 0 Å². The van der Waals surface area contributed by atoms with Crippen LogP contribution in [0.2, 0.25) is 0 Å². The van der Waals surface area contributed by atoms with Crippen LogP contribution in [0.3, 0.4) is 0 Å². The van der Waals surface area contributed by atoms with E-state index in [0.717, 1.165) is 24.1 Å². The highest BCUT2D eigenvalue weighted by Crippen LogP contribution is 2.29. The Hall–Kier alpha value is -1.88. The van der Waals surface area contributed by atoms with Crippen molar-refractivity contribution in [3.63, 3.8) is 0 Å². The van der Waals surface area contributed by atoms with Gasteiger partial charge in [0.25, 0.3) is 0 Å². The normalized spacial score (nSPS) is 11.7. The molecule has 2 aromatic rings. The lowest BCUT2D eigenvalue weighted by atomic mass is 10.1. The Morgan fingerprint density at radius 1 is 0.909 bits per heavy atom. The van der Waals surface area contributed by atoms with Gasteiger partial charge in [-0.25, -0.2) is 8.78 Å². The molecule has 0 aliphatic carbocycles. The number of halogens is 4. The van der Waals surface area contributed by atoms with Crippen LogP contribution < -0.4 is 0 Å². The summed E-state index contributed by atoms with van der Waals surface area (Å²) in [5.74, 6) is -1.97. The highest BCUT2D eigenvalue weighted by Gasteiger charge is 2.32. The largest absolute Gasteiger partial charge is 0.383 e. The summed E-state index contributed by atoms with van der Waals surface area (Å²) in [6.07, 6.45) is -2.58. The van der Waals surface area contributed by atoms with E-state index in [9.17, 15) is 17.6 Å². The molecule has 0 spiro atoms. The van der Waals surface area contributed by atoms with Crippen molar-refractivity contribution in [3.05, 3.63) is 70.8 Å². The minimum atomic E-state index is -3.41. The minimum absolute atomic E-state index is 0.0693. The number of alkyl halides is 2. The highest BCUT2D eigenvalue weighted by molar-refractivity contribution is 5.24. The lowest BCUT2D eigenvalue weighted by Gasteiger charge is -2.17. The fourth-order valence-corrected chi connectivity index (χ4v) is 2.01. The van der Waals surface area contributed by atoms with Crippen LogP contribution in [0.25, 0.3) is 0 Å². The molecule has 2 rings (SSSR count). The molecule has 0 atom stereocenters. The Kier molecular flexibility index (Phi) is 5.19. The van der Waals surface area contributed by atoms with Gasteiger partial charge in [-0.05, 0) is 36.1 Å². The molecule has 0 saturated heterocycles. The molecule has 0 aliphatic rings. The highest BCUT2D eigenvalue weighted by atomic mass is 19.3. The second-order valence-electron chi connectivity index (χ2n) is 4.91. The van der Waals surface area contributed by atoms with Gasteiger partial charge in [-0.2, -0.15) is 8.78 Å². The quantitative estimate of drug-likeness (QED) is 0.694. The molecule has 0 bridgehead atoms. The average molecular weight is 312 g/mol. The van der Waals surface area contributed by atoms with E-state index in [1.54, 1.807) is 12.1 Å². The second kappa shape index (κ2) is 6.92. The van der Waals surface area contributed by atoms with E-state index in [1.807, 2.05) is 6.92 Å². The number of aryl methyl sites for hydroxylation is 1. The van der Waals surface area contributed by atoms with E-state index in [2.05, 4.69) is 4.74 Å². The topological polar surface area (TPSA) is 9.23 Å². The predicted octanol–water partition coefficient (Wildman–Crippen LogP) is 4.84. The molecule has 0 amide bonds. The molecule has 0 aliphatic heterocycles. The van der Waals surface area contributed by atoms with E-state index in [-0.39, 0.29) is 18.6 Å². The Labute approximate surface area is 126 Å². The molecule has 5 heteroatoms. The molecule has 0 unspecified atom stereocenters. The van der Waals surface area contributed by atoms with Crippen molar-refractivity contribution in [2.75, 3.05) is 6.61 Å². The predicted molar refractivity (Wildman–Crippen MR) is 75.7 cm³/mol. The number of benzene rings is 2. The van der Waals surface area contributed by atoms with Gasteiger partial charge >= 0.3 is 6.11 Å². The molecule has 0 N–H and O–H groups in total. The van der Waals surface area contributed by atoms with Gasteiger partial charge in [0.15, 0.2) is 11.6 Å². The molecule has 0 saturated carbocycles. The Morgan fingerprint density at radius 2 is 1.55 bits per heavy atom. The standard InChI is InChI=1S/C17H16F4O/c1-2-12-3-6-14(7-4-12)17(20,21)22-10-9-13-5-8-15(18)16(19)11-13/h3-8,11H,2,9-10H2,1H3. The zero-order valence-corrected chi connectivity index (χ0v) is 12.1. The smallest absolute Gasteiger partial charge is 0.316 e. The minimum Gasteiger partial charge on any atom is -0.316 e. The summed E-state index contributed by atoms with van der Waals surface area (Å²) in [6.45, 7) is 1.64. The van der Waals surface area contributed by atoms with E-state index in [0.29, 0.717) is 5.56 Å². The summed E-state index contributed by atoms with van der Waals surface area (Å²) >= 11 is 0. The fraction of sp³-hybridized carbons (Fsp3) is 0.294. The lowest BCUT2D eigenvalue weighted by molar-refractivity contribution is -0.248. The van der Waals surface area contributed by atoms with Crippen LogP contribution in [0.15, 0.2) is 42.5 Å². The van der Waals surface area contributed by atoms with Crippen molar-refractivity contribution in [1.29, 1.82) is 0 Å². The molecule has 118 valence electrons. The third kappa shape index (κ3) is 4.07. The number of hydrogen-bond acceptors (Lipinski definition) is 1. The Balaban J connectivity index is 1.95. The zero-order chi connectivity index (χ0) is 16.2. The van der Waals surface area contributed by atoms with Crippen LogP contribution in [-0.2, 0) is 23.7 Å². The third-order valence-electron chi connectivity index (χ3n) is 3.36. The summed E-state index contributed by atoms with van der Waals surface area (Å²) in [5.41, 5.74) is 1.13. The second-order valence-corrected chi connectivity index (χ2v) is 4.91. The van der Waals surface area contributed by atoms with Gasteiger partial charge in [-0.1, -0.05) is 37.3 Å². The Bertz CT molecular complexity index is 623. The molecule has 1 nitrogen and oxygen atoms in total. The van der Waals surface area contributed by atoms with E-state index in [4.69, 9.17) is 0 Å². The first kappa shape index (κ1) is 16.5. The Morgan fingerprint density at radius 3 is 2.14 bits per heavy atom. The van der Waals surface area contributed by atoms with Gasteiger partial charge in [0, 0.05) is 0 Å². The molecule has 0 fully saturated rings. The van der Waals surface area contributed by atoms with E-state index < -0.39 is 17.7 Å². The van der Waals surface area contributed by atoms with Crippen molar-refractivity contribution in [2.45, 2.75) is 25.9 Å². The zero-order valence-electron chi connectivity index (χ0n) is 12.1. The third-order valence-corrected chi connectivity index (χ3v) is 3.36. The first-order valence-electron chi connectivity index (χ1n) is 6.97. The van der Waals surface area contributed by atoms with Gasteiger partial charge in [0.2, 0.25) is 0 Å². The summed E-state index contributed by atoms with van der Waals surface area (Å²) in [4.78, 5) is 0. The molecule has 0 radical (unpaired) electrons. The van der Waals surface area contributed by atoms with Gasteiger partial charge in [-0.15, -0.1) is 0 Å². The van der Waals surface area contributed by atoms with Crippen LogP contribution in [0.1, 0.15) is 23.6 Å². The summed E-state index contributed by atoms with van der Waals surface area (Å²) < 4.78 is 58.2. The first-order valence-corrected chi connectivity index (χ1v) is 6.97. The van der Waals surface area contributed by atoms with E-state index in [1.165, 1.54) is 18.2 Å². The average Bonchev–Trinajstić information content (AvgIpc) is 2.51. The molecular weight excluding hydrogens is 296 g/mol. The maximum Gasteiger partial charge on any atom is 0.383 e. The summed E-state index contributed by atoms with van der Waals surface area (Å²) in [6, 6.07) is 9.20. The van der Waals surface area contributed by atoms with Crippen molar-refractivity contribution < 1.29 is 22.3 Å². The number of hydrogen-bond donors (Lipinski definition) is 0. The van der Waals surface area contributed by atoms with Crippen molar-refractivity contribution in [2.24, 2.45) is 0 Å². The lowest BCUT2D eigenvalue weighted by Crippen LogP contribution is -2.19. The molecule has 0 aromatic heterocycles. The molecule has 0 heterocycles. The van der Waals surface area contributed by atoms with Crippen LogP contribution in [0.4, 0.5) is 17.6 Å². The fourth-order valence-electron chi connectivity index (χ4n) is 2.01. The van der Waals surface area contributed by atoms with Crippen LogP contribution in [-0.4, -0.2) is 6.61 Å². The van der Waals surface area contributed by atoms with Crippen LogP contribution >= 0.6 is 0 Å². The monoisotopic (exact) mass is 312 g/mol. The van der Waals surface area contributed by atoms with Gasteiger partial charge in [0.05, 0.1) is 12.2 Å². The summed E-state index contributed by atoms with van der Waals surface area (Å²) in [5, 5.41) is 0. The summed E-state index contributed by atoms with van der Waals surface area (Å²) in [7, 11) is 0. The van der Waals surface area contributed by atoms with Gasteiger partial charge in [0.1, 0.15) is 0 Å². The van der Waals surface area contributed by atoms with Crippen LogP contribution in [0.5, 0.6) is 0 Å². The number of ether oxygens (including phenoxy) is 1. The van der Waals surface area contributed by atoms with Gasteiger partial charge < -0.3 is 4.74 Å². The molecule has 22 heavy (non-hydrogen) atoms. The van der Waals surface area contributed by atoms with Gasteiger partial charge in [-0.3, -0.25) is 0 Å². The number of rotatable bonds is 6. The van der Waals surface area contributed by atoms with Crippen molar-refractivity contribution in [3.8, 4) is 0 Å². The van der Waals surface area contributed by atoms with Crippen molar-refractivity contribution in [1.82, 2.24) is 0 Å².